The van der Waals surface area contributed by atoms with Gasteiger partial charge in [0.1, 0.15) is 11.5 Å². The molecule has 1 fully saturated rings. The Morgan fingerprint density at radius 3 is 2.30 bits per heavy atom. The molecule has 0 radical (unpaired) electrons. The van der Waals surface area contributed by atoms with Gasteiger partial charge >= 0.3 is 0 Å². The van der Waals surface area contributed by atoms with Crippen LogP contribution < -0.4 is 10.1 Å². The standard InChI is InChI=1S/C17H17NO2/c19-17(12-18-14-8-9-14)13-6-10-16(11-7-13)20-15-4-2-1-3-5-15/h1-7,10-11,14,18H,8-9,12H2. The van der Waals surface area contributed by atoms with Gasteiger partial charge < -0.3 is 10.1 Å². The molecule has 102 valence electrons. The van der Waals surface area contributed by atoms with Crippen molar-refractivity contribution < 1.29 is 9.53 Å². The summed E-state index contributed by atoms with van der Waals surface area (Å²) in [4.78, 5) is 11.9. The van der Waals surface area contributed by atoms with Gasteiger partial charge in [0.2, 0.25) is 0 Å². The molecule has 1 aliphatic rings. The predicted molar refractivity (Wildman–Crippen MR) is 78.3 cm³/mol. The molecule has 0 aliphatic heterocycles. The maximum Gasteiger partial charge on any atom is 0.176 e. The van der Waals surface area contributed by atoms with Crippen LogP contribution in [-0.4, -0.2) is 18.4 Å². The quantitative estimate of drug-likeness (QED) is 0.815. The van der Waals surface area contributed by atoms with E-state index in [1.165, 1.54) is 12.8 Å². The zero-order valence-electron chi connectivity index (χ0n) is 11.2. The summed E-state index contributed by atoms with van der Waals surface area (Å²) >= 11 is 0. The molecule has 3 heteroatoms. The average Bonchev–Trinajstić information content (AvgIpc) is 3.31. The Morgan fingerprint density at radius 2 is 1.65 bits per heavy atom. The molecule has 0 saturated heterocycles. The molecule has 3 rings (SSSR count). The molecule has 20 heavy (non-hydrogen) atoms. The molecular formula is C17H17NO2. The van der Waals surface area contributed by atoms with Gasteiger partial charge in [0.15, 0.2) is 5.78 Å². The number of rotatable bonds is 6. The number of carbonyl (C=O) groups is 1. The van der Waals surface area contributed by atoms with Crippen molar-refractivity contribution in [1.82, 2.24) is 5.32 Å². The first kappa shape index (κ1) is 12.9. The predicted octanol–water partition coefficient (Wildman–Crippen LogP) is 3.41. The third-order valence-electron chi connectivity index (χ3n) is 3.28. The molecule has 1 saturated carbocycles. The molecule has 0 bridgehead atoms. The van der Waals surface area contributed by atoms with Crippen LogP contribution in [0.15, 0.2) is 54.6 Å². The van der Waals surface area contributed by atoms with Crippen molar-refractivity contribution in [1.29, 1.82) is 0 Å². The van der Waals surface area contributed by atoms with Crippen LogP contribution in [0.25, 0.3) is 0 Å². The second kappa shape index (κ2) is 5.88. The minimum absolute atomic E-state index is 0.128. The minimum atomic E-state index is 0.128. The van der Waals surface area contributed by atoms with E-state index >= 15 is 0 Å². The monoisotopic (exact) mass is 267 g/mol. The topological polar surface area (TPSA) is 38.3 Å². The van der Waals surface area contributed by atoms with Gasteiger partial charge in [-0.1, -0.05) is 18.2 Å². The molecular weight excluding hydrogens is 250 g/mol. The van der Waals surface area contributed by atoms with Crippen LogP contribution >= 0.6 is 0 Å². The number of hydrogen-bond donors (Lipinski definition) is 1. The average molecular weight is 267 g/mol. The zero-order valence-corrected chi connectivity index (χ0v) is 11.2. The van der Waals surface area contributed by atoms with Crippen LogP contribution in [0.4, 0.5) is 0 Å². The maximum absolute atomic E-state index is 11.9. The van der Waals surface area contributed by atoms with Crippen LogP contribution in [0.5, 0.6) is 11.5 Å². The van der Waals surface area contributed by atoms with E-state index < -0.39 is 0 Å². The minimum Gasteiger partial charge on any atom is -0.457 e. The van der Waals surface area contributed by atoms with E-state index in [9.17, 15) is 4.79 Å². The Hall–Kier alpha value is -2.13. The Kier molecular flexibility index (Phi) is 3.79. The van der Waals surface area contributed by atoms with Gasteiger partial charge in [-0.15, -0.1) is 0 Å². The molecule has 3 nitrogen and oxygen atoms in total. The Balaban J connectivity index is 1.60. The number of benzene rings is 2. The van der Waals surface area contributed by atoms with E-state index in [4.69, 9.17) is 4.74 Å². The summed E-state index contributed by atoms with van der Waals surface area (Å²) in [5.74, 6) is 1.66. The highest BCUT2D eigenvalue weighted by Crippen LogP contribution is 2.21. The van der Waals surface area contributed by atoms with Crippen molar-refractivity contribution in [3.8, 4) is 11.5 Å². The molecule has 2 aromatic carbocycles. The lowest BCUT2D eigenvalue weighted by atomic mass is 10.1. The summed E-state index contributed by atoms with van der Waals surface area (Å²) in [6.07, 6.45) is 2.38. The molecule has 0 aromatic heterocycles. The molecule has 0 amide bonds. The number of ether oxygens (including phenoxy) is 1. The summed E-state index contributed by atoms with van der Waals surface area (Å²) < 4.78 is 5.69. The van der Waals surface area contributed by atoms with Gasteiger partial charge in [-0.25, -0.2) is 0 Å². The molecule has 0 heterocycles. The lowest BCUT2D eigenvalue weighted by molar-refractivity contribution is 0.0990. The molecule has 1 aliphatic carbocycles. The lowest BCUT2D eigenvalue weighted by Gasteiger charge is -2.06. The lowest BCUT2D eigenvalue weighted by Crippen LogP contribution is -2.24. The third kappa shape index (κ3) is 3.45. The number of carbonyl (C=O) groups excluding carboxylic acids is 1. The highest BCUT2D eigenvalue weighted by molar-refractivity contribution is 5.97. The third-order valence-corrected chi connectivity index (χ3v) is 3.28. The fourth-order valence-electron chi connectivity index (χ4n) is 1.96. The maximum atomic E-state index is 11.9. The number of Topliss-reactive ketones (excluding diaryl/α,β-unsaturated/α-hetero) is 1. The number of ketones is 1. The molecule has 2 aromatic rings. The molecule has 0 unspecified atom stereocenters. The Labute approximate surface area is 118 Å². The number of para-hydroxylation sites is 1. The van der Waals surface area contributed by atoms with Crippen molar-refractivity contribution in [3.05, 3.63) is 60.2 Å². The Bertz CT molecular complexity index is 574. The van der Waals surface area contributed by atoms with Gasteiger partial charge in [-0.05, 0) is 49.2 Å². The molecule has 0 atom stereocenters. The van der Waals surface area contributed by atoms with Gasteiger partial charge in [0.25, 0.3) is 0 Å². The van der Waals surface area contributed by atoms with Crippen LogP contribution in [0, 0.1) is 0 Å². The van der Waals surface area contributed by atoms with Crippen molar-refractivity contribution in [2.24, 2.45) is 0 Å². The first-order valence-corrected chi connectivity index (χ1v) is 6.91. The van der Waals surface area contributed by atoms with E-state index in [-0.39, 0.29) is 5.78 Å². The summed E-state index contributed by atoms with van der Waals surface area (Å²) in [5, 5.41) is 3.23. The summed E-state index contributed by atoms with van der Waals surface area (Å²) in [6.45, 7) is 0.420. The van der Waals surface area contributed by atoms with E-state index in [2.05, 4.69) is 5.32 Å². The number of nitrogens with one attached hydrogen (secondary N) is 1. The van der Waals surface area contributed by atoms with Crippen molar-refractivity contribution in [3.63, 3.8) is 0 Å². The van der Waals surface area contributed by atoms with Gasteiger partial charge in [0.05, 0.1) is 6.54 Å². The van der Waals surface area contributed by atoms with Crippen molar-refractivity contribution in [2.75, 3.05) is 6.54 Å². The first-order chi connectivity index (χ1) is 9.81. The summed E-state index contributed by atoms with van der Waals surface area (Å²) in [5.41, 5.74) is 0.721. The highest BCUT2D eigenvalue weighted by Gasteiger charge is 2.21. The van der Waals surface area contributed by atoms with Crippen molar-refractivity contribution in [2.45, 2.75) is 18.9 Å². The van der Waals surface area contributed by atoms with Gasteiger partial charge in [-0.2, -0.15) is 0 Å². The summed E-state index contributed by atoms with van der Waals surface area (Å²) in [7, 11) is 0. The zero-order chi connectivity index (χ0) is 13.8. The van der Waals surface area contributed by atoms with Crippen LogP contribution in [0.3, 0.4) is 0 Å². The molecule has 0 spiro atoms. The fourth-order valence-corrected chi connectivity index (χ4v) is 1.96. The summed E-state index contributed by atoms with van der Waals surface area (Å²) in [6, 6.07) is 17.4. The van der Waals surface area contributed by atoms with Crippen LogP contribution in [0.1, 0.15) is 23.2 Å². The van der Waals surface area contributed by atoms with E-state index in [1.54, 1.807) is 0 Å². The Morgan fingerprint density at radius 1 is 1.00 bits per heavy atom. The SMILES string of the molecule is O=C(CNC1CC1)c1ccc(Oc2ccccc2)cc1. The largest absolute Gasteiger partial charge is 0.457 e. The second-order valence-electron chi connectivity index (χ2n) is 5.02. The first-order valence-electron chi connectivity index (χ1n) is 6.91. The van der Waals surface area contributed by atoms with Gasteiger partial charge in [-0.3, -0.25) is 4.79 Å². The van der Waals surface area contributed by atoms with Gasteiger partial charge in [0, 0.05) is 11.6 Å². The van der Waals surface area contributed by atoms with Crippen LogP contribution in [0.2, 0.25) is 0 Å². The van der Waals surface area contributed by atoms with E-state index in [0.29, 0.717) is 12.6 Å². The van der Waals surface area contributed by atoms with E-state index in [0.717, 1.165) is 17.1 Å². The second-order valence-corrected chi connectivity index (χ2v) is 5.02. The van der Waals surface area contributed by atoms with Crippen molar-refractivity contribution >= 4 is 5.78 Å². The number of hydrogen-bond acceptors (Lipinski definition) is 3. The normalized spacial score (nSPS) is 14.0. The van der Waals surface area contributed by atoms with Crippen LogP contribution in [-0.2, 0) is 0 Å². The van der Waals surface area contributed by atoms with E-state index in [1.807, 2.05) is 54.6 Å². The fraction of sp³-hybridized carbons (Fsp3) is 0.235. The highest BCUT2D eigenvalue weighted by atomic mass is 16.5. The smallest absolute Gasteiger partial charge is 0.176 e. The molecule has 1 N–H and O–H groups in total.